The van der Waals surface area contributed by atoms with Crippen LogP contribution >= 0.6 is 22.9 Å². The predicted molar refractivity (Wildman–Crippen MR) is 75.4 cm³/mol. The molecule has 0 bridgehead atoms. The van der Waals surface area contributed by atoms with Gasteiger partial charge in [-0.1, -0.05) is 12.8 Å². The molecule has 1 aliphatic carbocycles. The summed E-state index contributed by atoms with van der Waals surface area (Å²) in [4.78, 5) is 16.8. The number of alkyl halides is 1. The van der Waals surface area contributed by atoms with Gasteiger partial charge in [-0.05, 0) is 31.6 Å². The number of hydrogen-bond acceptors (Lipinski definition) is 3. The molecule has 1 fully saturated rings. The molecule has 2 atom stereocenters. The molecule has 1 heterocycles. The summed E-state index contributed by atoms with van der Waals surface area (Å²) >= 11 is 7.40. The van der Waals surface area contributed by atoms with Crippen LogP contribution in [-0.2, 0) is 0 Å². The Kier molecular flexibility index (Phi) is 5.01. The fourth-order valence-corrected chi connectivity index (χ4v) is 3.71. The van der Waals surface area contributed by atoms with Crippen molar-refractivity contribution >= 4 is 28.8 Å². The van der Waals surface area contributed by atoms with Gasteiger partial charge in [0.05, 0.1) is 11.2 Å². The smallest absolute Gasteiger partial charge is 0.263 e. The minimum atomic E-state index is 0.00824. The Balaban J connectivity index is 1.87. The van der Waals surface area contributed by atoms with Crippen LogP contribution in [0.2, 0.25) is 0 Å². The van der Waals surface area contributed by atoms with Gasteiger partial charge in [0.2, 0.25) is 0 Å². The lowest BCUT2D eigenvalue weighted by Crippen LogP contribution is -2.34. The monoisotopic (exact) mass is 286 g/mol. The van der Waals surface area contributed by atoms with Crippen molar-refractivity contribution in [3.63, 3.8) is 0 Å². The highest BCUT2D eigenvalue weighted by molar-refractivity contribution is 7.11. The van der Waals surface area contributed by atoms with Crippen molar-refractivity contribution in [2.45, 2.75) is 32.6 Å². The van der Waals surface area contributed by atoms with Crippen LogP contribution < -0.4 is 5.32 Å². The van der Waals surface area contributed by atoms with Crippen LogP contribution in [0.1, 0.15) is 41.0 Å². The standard InChI is InChI=1S/C13H19ClN2OS/c1-9-12(18-8-16-9)13(17)15-7-11-5-3-2-4-10(11)6-14/h8,10-11H,2-7H2,1H3,(H,15,17). The van der Waals surface area contributed by atoms with Crippen LogP contribution in [0, 0.1) is 18.8 Å². The molecule has 100 valence electrons. The fraction of sp³-hybridized carbons (Fsp3) is 0.692. The highest BCUT2D eigenvalue weighted by Gasteiger charge is 2.25. The minimum Gasteiger partial charge on any atom is -0.351 e. The van der Waals surface area contributed by atoms with Gasteiger partial charge >= 0.3 is 0 Å². The SMILES string of the molecule is Cc1ncsc1C(=O)NCC1CCCCC1CCl. The summed E-state index contributed by atoms with van der Waals surface area (Å²) in [5.74, 6) is 1.81. The molecule has 1 amide bonds. The number of aromatic nitrogens is 1. The van der Waals surface area contributed by atoms with Crippen LogP contribution in [0.3, 0.4) is 0 Å². The number of aryl methyl sites for hydroxylation is 1. The Morgan fingerprint density at radius 2 is 2.22 bits per heavy atom. The summed E-state index contributed by atoms with van der Waals surface area (Å²) < 4.78 is 0. The number of carbonyl (C=O) groups is 1. The van der Waals surface area contributed by atoms with Gasteiger partial charge in [0.1, 0.15) is 4.88 Å². The van der Waals surface area contributed by atoms with Crippen LogP contribution in [-0.4, -0.2) is 23.3 Å². The first-order chi connectivity index (χ1) is 8.72. The van der Waals surface area contributed by atoms with E-state index in [4.69, 9.17) is 11.6 Å². The molecule has 0 aromatic carbocycles. The maximum Gasteiger partial charge on any atom is 0.263 e. The van der Waals surface area contributed by atoms with E-state index in [0.717, 1.165) is 17.1 Å². The zero-order chi connectivity index (χ0) is 13.0. The summed E-state index contributed by atoms with van der Waals surface area (Å²) in [6.45, 7) is 2.61. The number of amides is 1. The zero-order valence-electron chi connectivity index (χ0n) is 10.6. The third-order valence-electron chi connectivity index (χ3n) is 3.74. The first kappa shape index (κ1) is 13.8. The first-order valence-electron chi connectivity index (χ1n) is 6.46. The van der Waals surface area contributed by atoms with E-state index < -0.39 is 0 Å². The average Bonchev–Trinajstić information content (AvgIpc) is 2.82. The quantitative estimate of drug-likeness (QED) is 0.864. The molecule has 0 aliphatic heterocycles. The third kappa shape index (κ3) is 3.23. The number of hydrogen-bond donors (Lipinski definition) is 1. The Bertz CT molecular complexity index is 407. The Morgan fingerprint density at radius 1 is 1.50 bits per heavy atom. The Labute approximate surface area is 117 Å². The van der Waals surface area contributed by atoms with Crippen LogP contribution in [0.25, 0.3) is 0 Å². The van der Waals surface area contributed by atoms with E-state index in [9.17, 15) is 4.79 Å². The second-order valence-electron chi connectivity index (χ2n) is 4.94. The van der Waals surface area contributed by atoms with Crippen molar-refractivity contribution in [1.29, 1.82) is 0 Å². The van der Waals surface area contributed by atoms with E-state index in [1.165, 1.54) is 37.0 Å². The van der Waals surface area contributed by atoms with Gasteiger partial charge in [0.25, 0.3) is 5.91 Å². The zero-order valence-corrected chi connectivity index (χ0v) is 12.2. The van der Waals surface area contributed by atoms with Gasteiger partial charge in [-0.15, -0.1) is 22.9 Å². The topological polar surface area (TPSA) is 42.0 Å². The van der Waals surface area contributed by atoms with Crippen molar-refractivity contribution in [1.82, 2.24) is 10.3 Å². The number of halogens is 1. The molecular weight excluding hydrogens is 268 g/mol. The highest BCUT2D eigenvalue weighted by atomic mass is 35.5. The summed E-state index contributed by atoms with van der Waals surface area (Å²) in [7, 11) is 0. The maximum absolute atomic E-state index is 12.0. The largest absolute Gasteiger partial charge is 0.351 e. The van der Waals surface area contributed by atoms with Crippen LogP contribution in [0.5, 0.6) is 0 Å². The molecule has 0 spiro atoms. The normalized spacial score (nSPS) is 23.9. The van der Waals surface area contributed by atoms with Crippen LogP contribution in [0.4, 0.5) is 0 Å². The molecule has 2 rings (SSSR count). The van der Waals surface area contributed by atoms with E-state index >= 15 is 0 Å². The lowest BCUT2D eigenvalue weighted by Gasteiger charge is -2.30. The molecule has 1 aromatic heterocycles. The van der Waals surface area contributed by atoms with E-state index in [-0.39, 0.29) is 5.91 Å². The molecule has 1 aromatic rings. The number of rotatable bonds is 4. The van der Waals surface area contributed by atoms with Crippen molar-refractivity contribution in [3.8, 4) is 0 Å². The van der Waals surface area contributed by atoms with Crippen LogP contribution in [0.15, 0.2) is 5.51 Å². The van der Waals surface area contributed by atoms with E-state index in [1.807, 2.05) is 6.92 Å². The lowest BCUT2D eigenvalue weighted by atomic mass is 9.80. The van der Waals surface area contributed by atoms with Crippen molar-refractivity contribution in [2.75, 3.05) is 12.4 Å². The van der Waals surface area contributed by atoms with E-state index in [1.54, 1.807) is 5.51 Å². The predicted octanol–water partition coefficient (Wildman–Crippen LogP) is 3.23. The summed E-state index contributed by atoms with van der Waals surface area (Å²) in [5, 5.41) is 3.03. The minimum absolute atomic E-state index is 0.00824. The summed E-state index contributed by atoms with van der Waals surface area (Å²) in [6, 6.07) is 0. The molecule has 1 saturated carbocycles. The van der Waals surface area contributed by atoms with E-state index in [0.29, 0.717) is 17.7 Å². The van der Waals surface area contributed by atoms with Gasteiger partial charge in [0.15, 0.2) is 0 Å². The third-order valence-corrected chi connectivity index (χ3v) is 5.06. The molecule has 0 radical (unpaired) electrons. The second-order valence-corrected chi connectivity index (χ2v) is 6.10. The summed E-state index contributed by atoms with van der Waals surface area (Å²) in [5.41, 5.74) is 2.53. The number of carbonyl (C=O) groups excluding carboxylic acids is 1. The molecule has 2 unspecified atom stereocenters. The molecular formula is C13H19ClN2OS. The first-order valence-corrected chi connectivity index (χ1v) is 7.88. The lowest BCUT2D eigenvalue weighted by molar-refractivity contribution is 0.0940. The maximum atomic E-state index is 12.0. The van der Waals surface area contributed by atoms with Gasteiger partial charge in [-0.2, -0.15) is 0 Å². The summed E-state index contributed by atoms with van der Waals surface area (Å²) in [6.07, 6.45) is 4.91. The molecule has 1 N–H and O–H groups in total. The molecule has 3 nitrogen and oxygen atoms in total. The van der Waals surface area contributed by atoms with Crippen molar-refractivity contribution in [3.05, 3.63) is 16.1 Å². The molecule has 5 heteroatoms. The molecule has 1 aliphatic rings. The second kappa shape index (κ2) is 6.53. The molecule has 18 heavy (non-hydrogen) atoms. The van der Waals surface area contributed by atoms with Gasteiger partial charge in [-0.3, -0.25) is 4.79 Å². The number of nitrogens with one attached hydrogen (secondary N) is 1. The Morgan fingerprint density at radius 3 is 2.83 bits per heavy atom. The molecule has 0 saturated heterocycles. The van der Waals surface area contributed by atoms with Crippen molar-refractivity contribution < 1.29 is 4.79 Å². The average molecular weight is 287 g/mol. The number of thiazole rings is 1. The van der Waals surface area contributed by atoms with E-state index in [2.05, 4.69) is 10.3 Å². The Hall–Kier alpha value is -0.610. The van der Waals surface area contributed by atoms with Crippen molar-refractivity contribution in [2.24, 2.45) is 11.8 Å². The van der Waals surface area contributed by atoms with Gasteiger partial charge in [0, 0.05) is 12.4 Å². The number of nitrogens with zero attached hydrogens (tertiary/aromatic N) is 1. The highest BCUT2D eigenvalue weighted by Crippen LogP contribution is 2.30. The van der Waals surface area contributed by atoms with Gasteiger partial charge in [-0.25, -0.2) is 4.98 Å². The van der Waals surface area contributed by atoms with Gasteiger partial charge < -0.3 is 5.32 Å². The fourth-order valence-electron chi connectivity index (χ4n) is 2.58.